The van der Waals surface area contributed by atoms with Crippen LogP contribution >= 0.6 is 0 Å². The van der Waals surface area contributed by atoms with E-state index < -0.39 is 0 Å². The van der Waals surface area contributed by atoms with Crippen molar-refractivity contribution in [3.05, 3.63) is 29.3 Å². The molecule has 2 aliphatic carbocycles. The van der Waals surface area contributed by atoms with Gasteiger partial charge in [-0.05, 0) is 68.6 Å². The van der Waals surface area contributed by atoms with Crippen LogP contribution in [0.4, 0.5) is 0 Å². The third kappa shape index (κ3) is 2.99. The van der Waals surface area contributed by atoms with Crippen LogP contribution in [-0.4, -0.2) is 18.1 Å². The first kappa shape index (κ1) is 15.4. The van der Waals surface area contributed by atoms with Crippen molar-refractivity contribution in [3.63, 3.8) is 0 Å². The first-order chi connectivity index (χ1) is 10.6. The van der Waals surface area contributed by atoms with E-state index in [1.54, 1.807) is 0 Å². The van der Waals surface area contributed by atoms with Gasteiger partial charge in [-0.25, -0.2) is 0 Å². The van der Waals surface area contributed by atoms with Gasteiger partial charge in [-0.2, -0.15) is 0 Å². The summed E-state index contributed by atoms with van der Waals surface area (Å²) in [7, 11) is 0. The molecule has 1 aromatic rings. The van der Waals surface area contributed by atoms with E-state index in [-0.39, 0.29) is 12.0 Å². The second kappa shape index (κ2) is 6.31. The molecular weight excluding hydrogens is 274 g/mol. The van der Waals surface area contributed by atoms with Gasteiger partial charge in [-0.15, -0.1) is 0 Å². The van der Waals surface area contributed by atoms with Crippen molar-refractivity contribution < 1.29 is 9.53 Å². The predicted molar refractivity (Wildman–Crippen MR) is 88.0 cm³/mol. The Bertz CT molecular complexity index is 554. The Morgan fingerprint density at radius 3 is 2.77 bits per heavy atom. The van der Waals surface area contributed by atoms with Gasteiger partial charge in [0.05, 0.1) is 0 Å². The standard InChI is InChI=1S/C19H27NO2/c1-4-17(22-18-7-5-6-12(2)13(18)3)19(21)20-16-11-14-8-9-15(16)10-14/h5-7,14-17H,4,8-11H2,1-3H3,(H,20,21)/t14-,15-,16-,17+/m0/s1. The molecule has 2 fully saturated rings. The Morgan fingerprint density at radius 2 is 2.14 bits per heavy atom. The molecule has 1 amide bonds. The van der Waals surface area contributed by atoms with Gasteiger partial charge in [0.1, 0.15) is 5.75 Å². The van der Waals surface area contributed by atoms with E-state index in [4.69, 9.17) is 4.74 Å². The molecule has 0 saturated heterocycles. The van der Waals surface area contributed by atoms with Crippen LogP contribution in [0.2, 0.25) is 0 Å². The molecule has 3 rings (SSSR count). The molecule has 2 aliphatic rings. The van der Waals surface area contributed by atoms with Gasteiger partial charge in [-0.3, -0.25) is 4.79 Å². The van der Waals surface area contributed by atoms with E-state index in [0.717, 1.165) is 23.7 Å². The van der Waals surface area contributed by atoms with Crippen LogP contribution in [-0.2, 0) is 4.79 Å². The van der Waals surface area contributed by atoms with Crippen LogP contribution in [0.3, 0.4) is 0 Å². The van der Waals surface area contributed by atoms with Crippen LogP contribution in [0.5, 0.6) is 5.75 Å². The van der Waals surface area contributed by atoms with Crippen LogP contribution in [0.25, 0.3) is 0 Å². The number of ether oxygens (including phenoxy) is 1. The van der Waals surface area contributed by atoms with Crippen molar-refractivity contribution in [1.29, 1.82) is 0 Å². The quantitative estimate of drug-likeness (QED) is 0.899. The fourth-order valence-corrected chi connectivity index (χ4v) is 4.02. The van der Waals surface area contributed by atoms with E-state index in [9.17, 15) is 4.79 Å². The first-order valence-electron chi connectivity index (χ1n) is 8.61. The van der Waals surface area contributed by atoms with Crippen molar-refractivity contribution in [1.82, 2.24) is 5.32 Å². The Balaban J connectivity index is 1.63. The Morgan fingerprint density at radius 1 is 1.32 bits per heavy atom. The maximum Gasteiger partial charge on any atom is 0.261 e. The maximum atomic E-state index is 12.6. The minimum Gasteiger partial charge on any atom is -0.480 e. The molecule has 2 bridgehead atoms. The fourth-order valence-electron chi connectivity index (χ4n) is 4.02. The molecule has 3 heteroatoms. The normalized spacial score (nSPS) is 27.7. The van der Waals surface area contributed by atoms with Crippen molar-refractivity contribution in [2.75, 3.05) is 0 Å². The van der Waals surface area contributed by atoms with Crippen LogP contribution < -0.4 is 10.1 Å². The van der Waals surface area contributed by atoms with Gasteiger partial charge in [-0.1, -0.05) is 25.5 Å². The highest BCUT2D eigenvalue weighted by atomic mass is 16.5. The highest BCUT2D eigenvalue weighted by Gasteiger charge is 2.40. The number of rotatable bonds is 5. The molecule has 0 aliphatic heterocycles. The van der Waals surface area contributed by atoms with E-state index in [1.807, 2.05) is 26.0 Å². The topological polar surface area (TPSA) is 38.3 Å². The predicted octanol–water partition coefficient (Wildman–Crippen LogP) is 3.77. The Hall–Kier alpha value is -1.51. The lowest BCUT2D eigenvalue weighted by molar-refractivity contribution is -0.129. The summed E-state index contributed by atoms with van der Waals surface area (Å²) in [5.41, 5.74) is 2.31. The van der Waals surface area contributed by atoms with Gasteiger partial charge in [0.2, 0.25) is 0 Å². The molecule has 0 aromatic heterocycles. The maximum absolute atomic E-state index is 12.6. The van der Waals surface area contributed by atoms with Gasteiger partial charge < -0.3 is 10.1 Å². The highest BCUT2D eigenvalue weighted by Crippen LogP contribution is 2.44. The zero-order chi connectivity index (χ0) is 15.7. The number of carbonyl (C=O) groups is 1. The average molecular weight is 301 g/mol. The van der Waals surface area contributed by atoms with Crippen LogP contribution in [0.1, 0.15) is 50.2 Å². The van der Waals surface area contributed by atoms with Crippen LogP contribution in [0, 0.1) is 25.7 Å². The largest absolute Gasteiger partial charge is 0.480 e. The number of fused-ring (bicyclic) bond motifs is 2. The molecule has 0 radical (unpaired) electrons. The number of amides is 1. The lowest BCUT2D eigenvalue weighted by atomic mass is 9.95. The van der Waals surface area contributed by atoms with Gasteiger partial charge in [0.25, 0.3) is 5.91 Å². The Kier molecular flexibility index (Phi) is 4.42. The number of carbonyl (C=O) groups excluding carboxylic acids is 1. The summed E-state index contributed by atoms with van der Waals surface area (Å²) in [6.45, 7) is 6.12. The molecule has 2 saturated carbocycles. The lowest BCUT2D eigenvalue weighted by Gasteiger charge is -2.26. The molecule has 3 nitrogen and oxygen atoms in total. The third-order valence-corrected chi connectivity index (χ3v) is 5.55. The molecule has 4 atom stereocenters. The number of hydrogen-bond donors (Lipinski definition) is 1. The minimum absolute atomic E-state index is 0.0564. The molecule has 120 valence electrons. The van der Waals surface area contributed by atoms with Gasteiger partial charge >= 0.3 is 0 Å². The van der Waals surface area contributed by atoms with Gasteiger partial charge in [0, 0.05) is 6.04 Å². The highest BCUT2D eigenvalue weighted by molar-refractivity contribution is 5.81. The summed E-state index contributed by atoms with van der Waals surface area (Å²) in [5, 5.41) is 3.25. The third-order valence-electron chi connectivity index (χ3n) is 5.55. The minimum atomic E-state index is -0.389. The summed E-state index contributed by atoms with van der Waals surface area (Å²) in [4.78, 5) is 12.6. The van der Waals surface area contributed by atoms with Crippen molar-refractivity contribution in [3.8, 4) is 5.75 Å². The molecule has 22 heavy (non-hydrogen) atoms. The van der Waals surface area contributed by atoms with E-state index in [0.29, 0.717) is 18.4 Å². The van der Waals surface area contributed by atoms with Crippen molar-refractivity contribution >= 4 is 5.91 Å². The zero-order valence-electron chi connectivity index (χ0n) is 13.9. The summed E-state index contributed by atoms with van der Waals surface area (Å²) in [6.07, 6.45) is 5.41. The van der Waals surface area contributed by atoms with Crippen molar-refractivity contribution in [2.45, 2.75) is 65.0 Å². The summed E-state index contributed by atoms with van der Waals surface area (Å²) >= 11 is 0. The van der Waals surface area contributed by atoms with Gasteiger partial charge in [0.15, 0.2) is 6.10 Å². The molecule has 1 N–H and O–H groups in total. The number of nitrogens with one attached hydrogen (secondary N) is 1. The zero-order valence-corrected chi connectivity index (χ0v) is 13.9. The molecule has 0 heterocycles. The summed E-state index contributed by atoms with van der Waals surface area (Å²) in [5.74, 6) is 2.43. The molecular formula is C19H27NO2. The van der Waals surface area contributed by atoms with Crippen molar-refractivity contribution in [2.24, 2.45) is 11.8 Å². The first-order valence-corrected chi connectivity index (χ1v) is 8.61. The summed E-state index contributed by atoms with van der Waals surface area (Å²) in [6, 6.07) is 6.38. The van der Waals surface area contributed by atoms with E-state index in [2.05, 4.69) is 18.3 Å². The second-order valence-electron chi connectivity index (χ2n) is 7.00. The fraction of sp³-hybridized carbons (Fsp3) is 0.632. The van der Waals surface area contributed by atoms with Crippen LogP contribution in [0.15, 0.2) is 18.2 Å². The molecule has 1 aromatic carbocycles. The second-order valence-corrected chi connectivity index (χ2v) is 7.00. The lowest BCUT2D eigenvalue weighted by Crippen LogP contribution is -2.45. The smallest absolute Gasteiger partial charge is 0.261 e. The Labute approximate surface area is 133 Å². The monoisotopic (exact) mass is 301 g/mol. The number of benzene rings is 1. The number of hydrogen-bond acceptors (Lipinski definition) is 2. The van der Waals surface area contributed by atoms with E-state index in [1.165, 1.54) is 24.8 Å². The molecule has 0 unspecified atom stereocenters. The molecule has 0 spiro atoms. The average Bonchev–Trinajstić information content (AvgIpc) is 3.11. The number of aryl methyl sites for hydroxylation is 1. The van der Waals surface area contributed by atoms with E-state index >= 15 is 0 Å². The summed E-state index contributed by atoms with van der Waals surface area (Å²) < 4.78 is 6.02. The SMILES string of the molecule is CC[C@@H](Oc1cccc(C)c1C)C(=O)N[C@H]1C[C@H]2CC[C@H]1C2.